The number of hydrogen-bond donors (Lipinski definition) is 2. The Hall–Kier alpha value is -4.31. The maximum atomic E-state index is 12.6. The predicted octanol–water partition coefficient (Wildman–Crippen LogP) is 4.17. The van der Waals surface area contributed by atoms with Gasteiger partial charge >= 0.3 is 5.97 Å². The Morgan fingerprint density at radius 3 is 2.40 bits per heavy atom. The number of nitrogens with one attached hydrogen (secondary N) is 1. The summed E-state index contributed by atoms with van der Waals surface area (Å²) in [5, 5.41) is 22.2. The standard InChI is InChI=1S/C25H22N4O5S/c1-33-21-10-6-4-8-19(21)29-23(18-7-3-5-9-20(18)30)27-28-25(29)35-15-22(31)26-17-13-11-16(12-14-17)24(32)34-2/h3-14,30H,15H2,1-2H3,(H,26,31). The molecule has 9 nitrogen and oxygen atoms in total. The first kappa shape index (κ1) is 23.8. The smallest absolute Gasteiger partial charge is 0.337 e. The summed E-state index contributed by atoms with van der Waals surface area (Å²) in [4.78, 5) is 24.2. The fourth-order valence-corrected chi connectivity index (χ4v) is 4.11. The van der Waals surface area contributed by atoms with E-state index < -0.39 is 5.97 Å². The summed E-state index contributed by atoms with van der Waals surface area (Å²) in [6.07, 6.45) is 0. The molecule has 0 saturated carbocycles. The van der Waals surface area contributed by atoms with E-state index in [1.54, 1.807) is 60.2 Å². The number of anilines is 1. The minimum absolute atomic E-state index is 0.0484. The molecular weight excluding hydrogens is 468 g/mol. The normalized spacial score (nSPS) is 10.6. The molecule has 0 saturated heterocycles. The SMILES string of the molecule is COC(=O)c1ccc(NC(=O)CSc2nnc(-c3ccccc3O)n2-c2ccccc2OC)cc1. The third kappa shape index (κ3) is 5.28. The van der Waals surface area contributed by atoms with Crippen molar-refractivity contribution in [3.05, 3.63) is 78.4 Å². The van der Waals surface area contributed by atoms with Gasteiger partial charge in [0, 0.05) is 5.69 Å². The number of thioether (sulfide) groups is 1. The molecule has 0 radical (unpaired) electrons. The van der Waals surface area contributed by atoms with Crippen molar-refractivity contribution in [3.63, 3.8) is 0 Å². The summed E-state index contributed by atoms with van der Waals surface area (Å²) in [6.45, 7) is 0. The zero-order chi connectivity index (χ0) is 24.8. The van der Waals surface area contributed by atoms with Gasteiger partial charge in [-0.2, -0.15) is 0 Å². The van der Waals surface area contributed by atoms with Crippen LogP contribution in [0.2, 0.25) is 0 Å². The monoisotopic (exact) mass is 490 g/mol. The molecule has 0 aliphatic heterocycles. The molecular formula is C25H22N4O5S. The Morgan fingerprint density at radius 1 is 0.971 bits per heavy atom. The number of nitrogens with zero attached hydrogens (tertiary/aromatic N) is 3. The first-order valence-corrected chi connectivity index (χ1v) is 11.5. The predicted molar refractivity (Wildman–Crippen MR) is 132 cm³/mol. The first-order valence-electron chi connectivity index (χ1n) is 10.5. The van der Waals surface area contributed by atoms with Crippen LogP contribution in [0.5, 0.6) is 11.5 Å². The molecule has 4 aromatic rings. The van der Waals surface area contributed by atoms with Crippen LogP contribution in [-0.2, 0) is 9.53 Å². The number of aromatic hydroxyl groups is 1. The highest BCUT2D eigenvalue weighted by Gasteiger charge is 2.21. The van der Waals surface area contributed by atoms with Crippen LogP contribution < -0.4 is 10.1 Å². The number of para-hydroxylation sites is 3. The van der Waals surface area contributed by atoms with Crippen molar-refractivity contribution in [1.82, 2.24) is 14.8 Å². The van der Waals surface area contributed by atoms with E-state index in [9.17, 15) is 14.7 Å². The van der Waals surface area contributed by atoms with Crippen LogP contribution >= 0.6 is 11.8 Å². The van der Waals surface area contributed by atoms with Crippen molar-refractivity contribution in [2.75, 3.05) is 25.3 Å². The lowest BCUT2D eigenvalue weighted by atomic mass is 10.2. The molecule has 35 heavy (non-hydrogen) atoms. The number of ether oxygens (including phenoxy) is 2. The van der Waals surface area contributed by atoms with Gasteiger partial charge in [-0.3, -0.25) is 9.36 Å². The second-order valence-corrected chi connectivity index (χ2v) is 8.18. The van der Waals surface area contributed by atoms with E-state index in [-0.39, 0.29) is 17.4 Å². The molecule has 0 unspecified atom stereocenters. The fraction of sp³-hybridized carbons (Fsp3) is 0.120. The number of hydrogen-bond acceptors (Lipinski definition) is 8. The van der Waals surface area contributed by atoms with Gasteiger partial charge < -0.3 is 19.9 Å². The lowest BCUT2D eigenvalue weighted by Crippen LogP contribution is -2.15. The van der Waals surface area contributed by atoms with Gasteiger partial charge in [0.2, 0.25) is 5.91 Å². The summed E-state index contributed by atoms with van der Waals surface area (Å²) in [6, 6.07) is 20.6. The van der Waals surface area contributed by atoms with Gasteiger partial charge in [-0.25, -0.2) is 4.79 Å². The van der Waals surface area contributed by atoms with Crippen LogP contribution in [0.3, 0.4) is 0 Å². The lowest BCUT2D eigenvalue weighted by Gasteiger charge is -2.14. The molecule has 10 heteroatoms. The minimum atomic E-state index is -0.450. The first-order chi connectivity index (χ1) is 17.0. The quantitative estimate of drug-likeness (QED) is 0.279. The maximum Gasteiger partial charge on any atom is 0.337 e. The summed E-state index contributed by atoms with van der Waals surface area (Å²) in [5.41, 5.74) is 2.10. The van der Waals surface area contributed by atoms with Gasteiger partial charge in [-0.05, 0) is 48.5 Å². The Bertz CT molecular complexity index is 1350. The Morgan fingerprint density at radius 2 is 1.69 bits per heavy atom. The molecule has 178 valence electrons. The number of amides is 1. The second kappa shape index (κ2) is 10.7. The average molecular weight is 491 g/mol. The van der Waals surface area contributed by atoms with Crippen LogP contribution in [0.4, 0.5) is 5.69 Å². The van der Waals surface area contributed by atoms with Gasteiger partial charge in [-0.1, -0.05) is 36.0 Å². The van der Waals surface area contributed by atoms with Crippen molar-refractivity contribution in [2.45, 2.75) is 5.16 Å². The minimum Gasteiger partial charge on any atom is -0.507 e. The van der Waals surface area contributed by atoms with E-state index in [0.717, 1.165) is 0 Å². The number of carbonyl (C=O) groups is 2. The zero-order valence-corrected chi connectivity index (χ0v) is 19.8. The van der Waals surface area contributed by atoms with Gasteiger partial charge in [0.1, 0.15) is 11.5 Å². The summed E-state index contributed by atoms with van der Waals surface area (Å²) in [7, 11) is 2.87. The van der Waals surface area contributed by atoms with E-state index in [1.807, 2.05) is 24.3 Å². The highest BCUT2D eigenvalue weighted by Crippen LogP contribution is 2.35. The molecule has 1 heterocycles. The van der Waals surface area contributed by atoms with Crippen LogP contribution in [0.15, 0.2) is 78.0 Å². The van der Waals surface area contributed by atoms with Crippen LogP contribution in [0.1, 0.15) is 10.4 Å². The average Bonchev–Trinajstić information content (AvgIpc) is 3.31. The van der Waals surface area contributed by atoms with Crippen molar-refractivity contribution in [1.29, 1.82) is 0 Å². The van der Waals surface area contributed by atoms with Gasteiger partial charge in [0.15, 0.2) is 11.0 Å². The summed E-state index contributed by atoms with van der Waals surface area (Å²) in [5.74, 6) is 0.386. The number of methoxy groups -OCH3 is 2. The molecule has 0 spiro atoms. The Balaban J connectivity index is 1.59. The third-order valence-corrected chi connectivity index (χ3v) is 5.96. The highest BCUT2D eigenvalue weighted by atomic mass is 32.2. The molecule has 2 N–H and O–H groups in total. The molecule has 4 rings (SSSR count). The molecule has 0 fully saturated rings. The number of benzene rings is 3. The highest BCUT2D eigenvalue weighted by molar-refractivity contribution is 7.99. The van der Waals surface area contributed by atoms with Crippen LogP contribution in [0, 0.1) is 0 Å². The van der Waals surface area contributed by atoms with E-state index in [0.29, 0.717) is 39.2 Å². The number of aromatic nitrogens is 3. The van der Waals surface area contributed by atoms with Crippen molar-refractivity contribution < 1.29 is 24.2 Å². The Labute approximate surface area is 205 Å². The van der Waals surface area contributed by atoms with Crippen molar-refractivity contribution in [2.24, 2.45) is 0 Å². The van der Waals surface area contributed by atoms with Gasteiger partial charge in [-0.15, -0.1) is 10.2 Å². The molecule has 1 aromatic heterocycles. The Kier molecular flexibility index (Phi) is 7.32. The number of rotatable bonds is 8. The largest absolute Gasteiger partial charge is 0.507 e. The van der Waals surface area contributed by atoms with Crippen LogP contribution in [0.25, 0.3) is 17.1 Å². The summed E-state index contributed by atoms with van der Waals surface area (Å²) >= 11 is 1.19. The lowest BCUT2D eigenvalue weighted by molar-refractivity contribution is -0.113. The van der Waals surface area contributed by atoms with Gasteiger partial charge in [0.25, 0.3) is 0 Å². The zero-order valence-electron chi connectivity index (χ0n) is 19.0. The summed E-state index contributed by atoms with van der Waals surface area (Å²) < 4.78 is 12.0. The van der Waals surface area contributed by atoms with Gasteiger partial charge in [0.05, 0.1) is 36.8 Å². The van der Waals surface area contributed by atoms with Crippen molar-refractivity contribution >= 4 is 29.3 Å². The number of esters is 1. The van der Waals surface area contributed by atoms with E-state index in [1.165, 1.54) is 18.9 Å². The number of phenols is 1. The molecule has 0 atom stereocenters. The number of phenolic OH excluding ortho intramolecular Hbond substituents is 1. The molecule has 0 aliphatic rings. The molecule has 3 aromatic carbocycles. The fourth-order valence-electron chi connectivity index (χ4n) is 3.37. The van der Waals surface area contributed by atoms with E-state index in [4.69, 9.17) is 4.74 Å². The van der Waals surface area contributed by atoms with E-state index in [2.05, 4.69) is 20.3 Å². The van der Waals surface area contributed by atoms with E-state index >= 15 is 0 Å². The molecule has 0 bridgehead atoms. The molecule has 1 amide bonds. The molecule has 0 aliphatic carbocycles. The van der Waals surface area contributed by atoms with Crippen molar-refractivity contribution in [3.8, 4) is 28.6 Å². The third-order valence-electron chi connectivity index (χ3n) is 5.03. The number of carbonyl (C=O) groups excluding carboxylic acids is 2. The maximum absolute atomic E-state index is 12.6. The van der Waals surface area contributed by atoms with Crippen LogP contribution in [-0.4, -0.2) is 51.7 Å². The second-order valence-electron chi connectivity index (χ2n) is 7.24. The topological polar surface area (TPSA) is 116 Å².